The molecule has 0 radical (unpaired) electrons. The van der Waals surface area contributed by atoms with Gasteiger partial charge in [-0.15, -0.1) is 10.2 Å². The number of hydrogen-bond acceptors (Lipinski definition) is 5. The predicted octanol–water partition coefficient (Wildman–Crippen LogP) is 1.23. The van der Waals surface area contributed by atoms with Gasteiger partial charge in [0.2, 0.25) is 0 Å². The van der Waals surface area contributed by atoms with Crippen molar-refractivity contribution in [3.63, 3.8) is 0 Å². The van der Waals surface area contributed by atoms with Crippen LogP contribution in [-0.2, 0) is 0 Å². The van der Waals surface area contributed by atoms with Crippen molar-refractivity contribution in [1.29, 1.82) is 0 Å². The van der Waals surface area contributed by atoms with Crippen LogP contribution in [0.15, 0.2) is 12.7 Å². The maximum absolute atomic E-state index is 5.93. The molecule has 1 saturated carbocycles. The number of nitrogens with one attached hydrogen (secondary N) is 1. The predicted molar refractivity (Wildman–Crippen MR) is 74.2 cm³/mol. The fraction of sp³-hybridized carbons (Fsp3) is 0.538. The van der Waals surface area contributed by atoms with Crippen molar-refractivity contribution in [2.45, 2.75) is 31.6 Å². The number of aromatic nitrogens is 6. The standard InChI is InChI=1S/C13H17N7/c14-5-8-3-1-2-4-9(8)12-18-19-13-10-11(16-6-15-10)17-7-20(12)13/h6-9H,1-5,14H2,(H,15,16). The van der Waals surface area contributed by atoms with Gasteiger partial charge in [-0.25, -0.2) is 9.97 Å². The molecule has 1 fully saturated rings. The van der Waals surface area contributed by atoms with Gasteiger partial charge < -0.3 is 10.7 Å². The summed E-state index contributed by atoms with van der Waals surface area (Å²) in [6.07, 6.45) is 8.21. The molecule has 0 aliphatic heterocycles. The molecule has 3 aromatic rings. The lowest BCUT2D eigenvalue weighted by atomic mass is 9.79. The molecule has 0 bridgehead atoms. The lowest BCUT2D eigenvalue weighted by Crippen LogP contribution is -2.26. The summed E-state index contributed by atoms with van der Waals surface area (Å²) in [5.74, 6) is 1.86. The molecule has 3 heterocycles. The summed E-state index contributed by atoms with van der Waals surface area (Å²) >= 11 is 0. The molecule has 7 nitrogen and oxygen atoms in total. The van der Waals surface area contributed by atoms with E-state index in [0.29, 0.717) is 24.0 Å². The molecule has 20 heavy (non-hydrogen) atoms. The minimum Gasteiger partial charge on any atom is -0.340 e. The Hall–Kier alpha value is -2.02. The van der Waals surface area contributed by atoms with E-state index < -0.39 is 0 Å². The first-order valence-electron chi connectivity index (χ1n) is 7.11. The molecule has 3 N–H and O–H groups in total. The summed E-state index contributed by atoms with van der Waals surface area (Å²) < 4.78 is 1.99. The molecule has 1 aliphatic rings. The van der Waals surface area contributed by atoms with E-state index in [2.05, 4.69) is 25.1 Å². The Bertz CT molecular complexity index is 743. The zero-order valence-corrected chi connectivity index (χ0v) is 11.2. The molecule has 7 heteroatoms. The van der Waals surface area contributed by atoms with Crippen molar-refractivity contribution >= 4 is 16.8 Å². The van der Waals surface area contributed by atoms with Crippen molar-refractivity contribution in [2.75, 3.05) is 6.54 Å². The van der Waals surface area contributed by atoms with Gasteiger partial charge in [-0.2, -0.15) is 0 Å². The quantitative estimate of drug-likeness (QED) is 0.730. The second-order valence-corrected chi connectivity index (χ2v) is 5.48. The van der Waals surface area contributed by atoms with Gasteiger partial charge in [-0.3, -0.25) is 4.40 Å². The van der Waals surface area contributed by atoms with Gasteiger partial charge in [0.15, 0.2) is 11.3 Å². The molecular formula is C13H17N7. The van der Waals surface area contributed by atoms with Crippen LogP contribution in [0, 0.1) is 5.92 Å². The summed E-state index contributed by atoms with van der Waals surface area (Å²) in [7, 11) is 0. The van der Waals surface area contributed by atoms with Crippen molar-refractivity contribution < 1.29 is 0 Å². The maximum Gasteiger partial charge on any atom is 0.189 e. The molecule has 0 aromatic carbocycles. The van der Waals surface area contributed by atoms with Crippen LogP contribution < -0.4 is 5.73 Å². The number of nitrogens with two attached hydrogens (primary N) is 1. The van der Waals surface area contributed by atoms with Gasteiger partial charge in [0.05, 0.1) is 6.33 Å². The number of aromatic amines is 1. The van der Waals surface area contributed by atoms with E-state index in [1.54, 1.807) is 12.7 Å². The van der Waals surface area contributed by atoms with Gasteiger partial charge in [0.1, 0.15) is 17.7 Å². The lowest BCUT2D eigenvalue weighted by Gasteiger charge is -2.29. The van der Waals surface area contributed by atoms with Gasteiger partial charge in [0, 0.05) is 5.92 Å². The van der Waals surface area contributed by atoms with Gasteiger partial charge in [-0.1, -0.05) is 12.8 Å². The van der Waals surface area contributed by atoms with Gasteiger partial charge >= 0.3 is 0 Å². The molecule has 104 valence electrons. The molecule has 0 saturated heterocycles. The van der Waals surface area contributed by atoms with Crippen molar-refractivity contribution in [1.82, 2.24) is 29.5 Å². The number of rotatable bonds is 2. The third-order valence-corrected chi connectivity index (χ3v) is 4.40. The first kappa shape index (κ1) is 11.8. The average molecular weight is 271 g/mol. The topological polar surface area (TPSA) is 97.8 Å². The van der Waals surface area contributed by atoms with E-state index >= 15 is 0 Å². The summed E-state index contributed by atoms with van der Waals surface area (Å²) in [4.78, 5) is 11.6. The van der Waals surface area contributed by atoms with Crippen LogP contribution in [-0.4, -0.2) is 36.1 Å². The van der Waals surface area contributed by atoms with E-state index in [1.807, 2.05) is 4.40 Å². The van der Waals surface area contributed by atoms with Crippen LogP contribution in [0.5, 0.6) is 0 Å². The van der Waals surface area contributed by atoms with Crippen LogP contribution in [0.4, 0.5) is 0 Å². The first-order chi connectivity index (χ1) is 9.88. The fourth-order valence-electron chi connectivity index (χ4n) is 3.33. The van der Waals surface area contributed by atoms with Crippen LogP contribution in [0.1, 0.15) is 37.4 Å². The molecular weight excluding hydrogens is 254 g/mol. The highest BCUT2D eigenvalue weighted by molar-refractivity contribution is 5.84. The molecule has 2 atom stereocenters. The second kappa shape index (κ2) is 4.52. The molecule has 0 spiro atoms. The van der Waals surface area contributed by atoms with E-state index in [0.717, 1.165) is 23.4 Å². The highest BCUT2D eigenvalue weighted by atomic mass is 15.3. The number of H-pyrrole nitrogens is 1. The minimum atomic E-state index is 0.380. The molecule has 4 rings (SSSR count). The third kappa shape index (κ3) is 1.62. The molecule has 3 aromatic heterocycles. The number of imidazole rings is 1. The summed E-state index contributed by atoms with van der Waals surface area (Å²) in [5, 5.41) is 8.74. The van der Waals surface area contributed by atoms with Crippen molar-refractivity contribution in [3.8, 4) is 0 Å². The smallest absolute Gasteiger partial charge is 0.189 e. The van der Waals surface area contributed by atoms with E-state index in [4.69, 9.17) is 5.73 Å². The molecule has 0 amide bonds. The monoisotopic (exact) mass is 271 g/mol. The SMILES string of the molecule is NCC1CCCCC1c1nnc2c3[nH]cnc3ncn12. The van der Waals surface area contributed by atoms with Crippen molar-refractivity contribution in [3.05, 3.63) is 18.5 Å². The zero-order valence-electron chi connectivity index (χ0n) is 11.2. The Morgan fingerprint density at radius 3 is 3.05 bits per heavy atom. The highest BCUT2D eigenvalue weighted by Crippen LogP contribution is 2.36. The number of nitrogens with zero attached hydrogens (tertiary/aromatic N) is 5. The van der Waals surface area contributed by atoms with E-state index in [9.17, 15) is 0 Å². The number of hydrogen-bond donors (Lipinski definition) is 2. The molecule has 2 unspecified atom stereocenters. The highest BCUT2D eigenvalue weighted by Gasteiger charge is 2.29. The Balaban J connectivity index is 1.87. The van der Waals surface area contributed by atoms with Crippen LogP contribution >= 0.6 is 0 Å². The van der Waals surface area contributed by atoms with E-state index in [1.165, 1.54) is 19.3 Å². The van der Waals surface area contributed by atoms with Gasteiger partial charge in [-0.05, 0) is 25.3 Å². The second-order valence-electron chi connectivity index (χ2n) is 5.48. The van der Waals surface area contributed by atoms with Crippen molar-refractivity contribution in [2.24, 2.45) is 11.7 Å². The summed E-state index contributed by atoms with van der Waals surface area (Å²) in [6, 6.07) is 0. The summed E-state index contributed by atoms with van der Waals surface area (Å²) in [6.45, 7) is 0.708. The normalized spacial score (nSPS) is 23.6. The lowest BCUT2D eigenvalue weighted by molar-refractivity contribution is 0.303. The Kier molecular flexibility index (Phi) is 2.66. The Labute approximate surface area is 115 Å². The largest absolute Gasteiger partial charge is 0.340 e. The first-order valence-corrected chi connectivity index (χ1v) is 7.11. The van der Waals surface area contributed by atoms with E-state index in [-0.39, 0.29) is 0 Å². The summed E-state index contributed by atoms with van der Waals surface area (Å²) in [5.41, 5.74) is 8.24. The van der Waals surface area contributed by atoms with Crippen LogP contribution in [0.3, 0.4) is 0 Å². The zero-order chi connectivity index (χ0) is 13.5. The molecule has 1 aliphatic carbocycles. The fourth-order valence-corrected chi connectivity index (χ4v) is 3.33. The van der Waals surface area contributed by atoms with Gasteiger partial charge in [0.25, 0.3) is 0 Å². The Morgan fingerprint density at radius 2 is 2.15 bits per heavy atom. The maximum atomic E-state index is 5.93. The van der Waals surface area contributed by atoms with Crippen LogP contribution in [0.2, 0.25) is 0 Å². The average Bonchev–Trinajstić information content (AvgIpc) is 3.12. The number of fused-ring (bicyclic) bond motifs is 3. The minimum absolute atomic E-state index is 0.380. The van der Waals surface area contributed by atoms with Crippen LogP contribution in [0.25, 0.3) is 16.8 Å². The third-order valence-electron chi connectivity index (χ3n) is 4.40. The Morgan fingerprint density at radius 1 is 1.25 bits per heavy atom.